The van der Waals surface area contributed by atoms with Gasteiger partial charge in [0.05, 0.1) is 11.8 Å². The minimum atomic E-state index is -4.49. The first-order valence-corrected chi connectivity index (χ1v) is 10.4. The number of hydrogen-bond donors (Lipinski definition) is 0. The maximum Gasteiger partial charge on any atom is 0.416 e. The number of rotatable bonds is 4. The van der Waals surface area contributed by atoms with Crippen LogP contribution in [0.2, 0.25) is 0 Å². The number of aryl methyl sites for hydroxylation is 1. The number of benzene rings is 1. The van der Waals surface area contributed by atoms with Gasteiger partial charge in [-0.15, -0.1) is 9.51 Å². The predicted molar refractivity (Wildman–Crippen MR) is 98.4 cm³/mol. The first-order chi connectivity index (χ1) is 13.4. The van der Waals surface area contributed by atoms with Crippen LogP contribution in [0, 0.1) is 6.92 Å². The lowest BCUT2D eigenvalue weighted by molar-refractivity contribution is -0.137. The summed E-state index contributed by atoms with van der Waals surface area (Å²) in [7, 11) is -3.55. The van der Waals surface area contributed by atoms with Crippen molar-refractivity contribution >= 4 is 22.1 Å². The molecule has 1 aliphatic heterocycles. The van der Waals surface area contributed by atoms with Crippen LogP contribution in [0.25, 0.3) is 17.6 Å². The van der Waals surface area contributed by atoms with Crippen LogP contribution in [0.1, 0.15) is 17.5 Å². The molecule has 3 rings (SSSR count). The van der Waals surface area contributed by atoms with Gasteiger partial charge in [0.2, 0.25) is 10.0 Å². The van der Waals surface area contributed by atoms with E-state index in [1.807, 2.05) is 0 Å². The quantitative estimate of drug-likeness (QED) is 0.695. The van der Waals surface area contributed by atoms with Crippen LogP contribution in [-0.4, -0.2) is 57.9 Å². The van der Waals surface area contributed by atoms with Gasteiger partial charge in [-0.2, -0.15) is 13.2 Å². The van der Waals surface area contributed by atoms with Crippen molar-refractivity contribution in [3.63, 3.8) is 0 Å². The number of halogens is 3. The molecule has 1 aromatic heterocycles. The highest BCUT2D eigenvalue weighted by Gasteiger charge is 2.32. The van der Waals surface area contributed by atoms with E-state index >= 15 is 0 Å². The number of alkyl halides is 3. The first kappa shape index (κ1) is 21.0. The molecule has 12 heteroatoms. The molecule has 1 saturated heterocycles. The molecule has 1 fully saturated rings. The Kier molecular flexibility index (Phi) is 5.50. The minimum Gasteiger partial charge on any atom is -0.268 e. The van der Waals surface area contributed by atoms with Crippen LogP contribution in [0.15, 0.2) is 30.6 Å². The average Bonchev–Trinajstić information content (AvgIpc) is 3.27. The highest BCUT2D eigenvalue weighted by molar-refractivity contribution is 7.88. The van der Waals surface area contributed by atoms with E-state index in [1.165, 1.54) is 30.2 Å². The van der Waals surface area contributed by atoms with Gasteiger partial charge in [0.25, 0.3) is 5.91 Å². The number of hydrazine groups is 1. The van der Waals surface area contributed by atoms with E-state index < -0.39 is 27.7 Å². The third-order valence-corrected chi connectivity index (χ3v) is 5.31. The van der Waals surface area contributed by atoms with Crippen LogP contribution in [0.5, 0.6) is 0 Å². The van der Waals surface area contributed by atoms with Crippen molar-refractivity contribution in [3.05, 3.63) is 41.7 Å². The first-order valence-electron chi connectivity index (χ1n) is 8.53. The van der Waals surface area contributed by atoms with Crippen LogP contribution in [0.3, 0.4) is 0 Å². The van der Waals surface area contributed by atoms with Gasteiger partial charge in [-0.1, -0.05) is 0 Å². The summed E-state index contributed by atoms with van der Waals surface area (Å²) in [6.07, 6.45) is 0.680. The van der Waals surface area contributed by atoms with E-state index in [1.54, 1.807) is 0 Å². The van der Waals surface area contributed by atoms with Gasteiger partial charge in [0, 0.05) is 30.9 Å². The molecule has 2 aromatic rings. The Balaban J connectivity index is 1.79. The minimum absolute atomic E-state index is 0.0650. The fraction of sp³-hybridized carbons (Fsp3) is 0.353. The standard InChI is InChI=1S/C17H18F3N5O3S/c1-12-8-13(10-14(9-12)17(18,19)20)16-21-11-23(22-16)7-4-15(26)24-5-3-6-25(24)29(2,27)28/h4,7-11H,3,5-6H2,1-2H3/b7-4-. The number of hydrogen-bond acceptors (Lipinski definition) is 5. The molecule has 8 nitrogen and oxygen atoms in total. The van der Waals surface area contributed by atoms with E-state index in [-0.39, 0.29) is 24.5 Å². The molecule has 0 N–H and O–H groups in total. The summed E-state index contributed by atoms with van der Waals surface area (Å²) in [5, 5.41) is 5.17. The zero-order valence-electron chi connectivity index (χ0n) is 15.6. The van der Waals surface area contributed by atoms with E-state index in [0.717, 1.165) is 33.9 Å². The summed E-state index contributed by atoms with van der Waals surface area (Å²) in [5.74, 6) is -0.491. The molecular formula is C17H18F3N5O3S. The Bertz CT molecular complexity index is 1060. The van der Waals surface area contributed by atoms with E-state index in [2.05, 4.69) is 10.1 Å². The summed E-state index contributed by atoms with van der Waals surface area (Å²) in [6.45, 7) is 2.03. The second-order valence-electron chi connectivity index (χ2n) is 6.57. The molecule has 0 saturated carbocycles. The van der Waals surface area contributed by atoms with E-state index in [0.29, 0.717) is 12.0 Å². The highest BCUT2D eigenvalue weighted by atomic mass is 32.2. The topological polar surface area (TPSA) is 88.4 Å². The normalized spacial score (nSPS) is 16.1. The molecule has 0 spiro atoms. The summed E-state index contributed by atoms with van der Waals surface area (Å²) in [4.78, 5) is 16.3. The Morgan fingerprint density at radius 2 is 1.93 bits per heavy atom. The molecule has 156 valence electrons. The summed E-state index contributed by atoms with van der Waals surface area (Å²) in [6, 6.07) is 3.51. The van der Waals surface area contributed by atoms with Crippen LogP contribution < -0.4 is 0 Å². The van der Waals surface area contributed by atoms with Gasteiger partial charge in [0.15, 0.2) is 5.82 Å². The Hall–Kier alpha value is -2.73. The van der Waals surface area contributed by atoms with Gasteiger partial charge in [-0.3, -0.25) is 9.80 Å². The van der Waals surface area contributed by atoms with Gasteiger partial charge in [-0.05, 0) is 37.1 Å². The summed E-state index contributed by atoms with van der Waals surface area (Å²) >= 11 is 0. The molecule has 0 aliphatic carbocycles. The number of nitrogens with zero attached hydrogens (tertiary/aromatic N) is 5. The number of sulfonamides is 1. The monoisotopic (exact) mass is 429 g/mol. The molecular weight excluding hydrogens is 411 g/mol. The van der Waals surface area contributed by atoms with Crippen molar-refractivity contribution in [1.29, 1.82) is 0 Å². The smallest absolute Gasteiger partial charge is 0.268 e. The number of carbonyl (C=O) groups is 1. The van der Waals surface area contributed by atoms with E-state index in [4.69, 9.17) is 0 Å². The predicted octanol–water partition coefficient (Wildman–Crippen LogP) is 2.15. The van der Waals surface area contributed by atoms with Gasteiger partial charge >= 0.3 is 6.18 Å². The SMILES string of the molecule is Cc1cc(-c2ncn(/C=C\C(=O)N3CCCN3S(C)(=O)=O)n2)cc(C(F)(F)F)c1. The molecule has 0 atom stereocenters. The lowest BCUT2D eigenvalue weighted by atomic mass is 10.1. The molecule has 29 heavy (non-hydrogen) atoms. The third-order valence-electron chi connectivity index (χ3n) is 4.17. The van der Waals surface area contributed by atoms with Crippen LogP contribution in [0.4, 0.5) is 13.2 Å². The Morgan fingerprint density at radius 1 is 1.21 bits per heavy atom. The second kappa shape index (κ2) is 7.59. The zero-order chi connectivity index (χ0) is 21.4. The summed E-state index contributed by atoms with van der Waals surface area (Å²) in [5.41, 5.74) is -0.199. The maximum absolute atomic E-state index is 13.0. The second-order valence-corrected chi connectivity index (χ2v) is 8.46. The van der Waals surface area contributed by atoms with Crippen LogP contribution in [-0.2, 0) is 21.0 Å². The molecule has 1 aromatic carbocycles. The van der Waals surface area contributed by atoms with Crippen molar-refractivity contribution in [2.45, 2.75) is 19.5 Å². The van der Waals surface area contributed by atoms with Crippen molar-refractivity contribution in [1.82, 2.24) is 24.2 Å². The molecule has 1 amide bonds. The van der Waals surface area contributed by atoms with Crippen molar-refractivity contribution < 1.29 is 26.4 Å². The molecule has 0 unspecified atom stereocenters. The lowest BCUT2D eigenvalue weighted by Crippen LogP contribution is -2.43. The molecule has 2 heterocycles. The Labute approximate surface area is 165 Å². The number of amides is 1. The third kappa shape index (κ3) is 4.82. The average molecular weight is 429 g/mol. The highest BCUT2D eigenvalue weighted by Crippen LogP contribution is 2.32. The molecule has 1 aliphatic rings. The van der Waals surface area contributed by atoms with E-state index in [9.17, 15) is 26.4 Å². The van der Waals surface area contributed by atoms with Crippen molar-refractivity contribution in [3.8, 4) is 11.4 Å². The van der Waals surface area contributed by atoms with Crippen molar-refractivity contribution in [2.75, 3.05) is 19.3 Å². The lowest BCUT2D eigenvalue weighted by Gasteiger charge is -2.24. The molecule has 0 bridgehead atoms. The fourth-order valence-corrected chi connectivity index (χ4v) is 3.91. The largest absolute Gasteiger partial charge is 0.416 e. The van der Waals surface area contributed by atoms with Gasteiger partial charge < -0.3 is 0 Å². The Morgan fingerprint density at radius 3 is 2.59 bits per heavy atom. The number of carbonyl (C=O) groups excluding carboxylic acids is 1. The van der Waals surface area contributed by atoms with Crippen LogP contribution >= 0.6 is 0 Å². The fourth-order valence-electron chi connectivity index (χ4n) is 2.93. The van der Waals surface area contributed by atoms with Crippen molar-refractivity contribution in [2.24, 2.45) is 0 Å². The van der Waals surface area contributed by atoms with Gasteiger partial charge in [0.1, 0.15) is 6.33 Å². The summed E-state index contributed by atoms with van der Waals surface area (Å²) < 4.78 is 64.6. The molecule has 0 radical (unpaired) electrons. The maximum atomic E-state index is 13.0. The number of aromatic nitrogens is 3. The zero-order valence-corrected chi connectivity index (χ0v) is 16.4. The van der Waals surface area contributed by atoms with Gasteiger partial charge in [-0.25, -0.2) is 18.1 Å².